The number of hydrogen-bond donors (Lipinski definition) is 0. The zero-order valence-corrected chi connectivity index (χ0v) is 19.7. The maximum absolute atomic E-state index is 13.2. The maximum atomic E-state index is 13.2. The van der Waals surface area contributed by atoms with Crippen molar-refractivity contribution in [2.24, 2.45) is 5.92 Å². The van der Waals surface area contributed by atoms with Crippen LogP contribution in [0, 0.1) is 5.92 Å². The van der Waals surface area contributed by atoms with Crippen molar-refractivity contribution in [1.29, 1.82) is 0 Å². The molecule has 2 aliphatic heterocycles. The Morgan fingerprint density at radius 3 is 2.16 bits per heavy atom. The highest BCUT2D eigenvalue weighted by molar-refractivity contribution is 7.89. The quantitative estimate of drug-likeness (QED) is 0.585. The summed E-state index contributed by atoms with van der Waals surface area (Å²) in [5.74, 6) is -0.396. The van der Waals surface area contributed by atoms with Crippen LogP contribution in [-0.2, 0) is 29.6 Å². The molecule has 1 aromatic carbocycles. The van der Waals surface area contributed by atoms with Crippen LogP contribution < -0.4 is 0 Å². The van der Waals surface area contributed by atoms with E-state index >= 15 is 0 Å². The third-order valence-corrected chi connectivity index (χ3v) is 9.80. The molecule has 31 heavy (non-hydrogen) atoms. The van der Waals surface area contributed by atoms with Gasteiger partial charge in [0.15, 0.2) is 0 Å². The summed E-state index contributed by atoms with van der Waals surface area (Å²) in [4.78, 5) is 14.7. The van der Waals surface area contributed by atoms with Crippen LogP contribution in [0.25, 0.3) is 0 Å². The lowest BCUT2D eigenvalue weighted by Crippen LogP contribution is -2.49. The molecule has 1 amide bonds. The van der Waals surface area contributed by atoms with E-state index in [4.69, 9.17) is 4.74 Å². The predicted octanol–water partition coefficient (Wildman–Crippen LogP) is 0.977. The van der Waals surface area contributed by atoms with Crippen LogP contribution in [0.15, 0.2) is 34.1 Å². The molecule has 0 aromatic heterocycles. The van der Waals surface area contributed by atoms with E-state index in [1.54, 1.807) is 18.7 Å². The minimum absolute atomic E-state index is 0.0242. The standard InChI is InChI=1S/C20H31N3O6S2/c1-3-22(4-2)30(25,26)18-7-9-19(10-8-18)31(27,28)23-11-5-6-17(16-23)20(24)21-12-14-29-15-13-21/h7-10,17H,3-6,11-16H2,1-2H3/t17-/m1/s1. The number of benzene rings is 1. The number of amides is 1. The maximum Gasteiger partial charge on any atom is 0.243 e. The molecule has 2 fully saturated rings. The third-order valence-electron chi connectivity index (χ3n) is 5.86. The first kappa shape index (κ1) is 24.1. The number of piperidine rings is 1. The highest BCUT2D eigenvalue weighted by Crippen LogP contribution is 2.26. The fourth-order valence-corrected chi connectivity index (χ4v) is 7.03. The molecule has 2 aliphatic rings. The van der Waals surface area contributed by atoms with E-state index < -0.39 is 20.0 Å². The van der Waals surface area contributed by atoms with E-state index in [1.165, 1.54) is 32.9 Å². The summed E-state index contributed by atoms with van der Waals surface area (Å²) < 4.78 is 59.6. The number of carbonyl (C=O) groups is 1. The number of hydrogen-bond acceptors (Lipinski definition) is 6. The zero-order chi connectivity index (χ0) is 22.6. The summed E-state index contributed by atoms with van der Waals surface area (Å²) in [6.07, 6.45) is 1.26. The monoisotopic (exact) mass is 473 g/mol. The van der Waals surface area contributed by atoms with Gasteiger partial charge in [0.25, 0.3) is 0 Å². The van der Waals surface area contributed by atoms with Gasteiger partial charge in [0.1, 0.15) is 0 Å². The van der Waals surface area contributed by atoms with Crippen molar-refractivity contribution in [2.75, 3.05) is 52.5 Å². The van der Waals surface area contributed by atoms with Crippen LogP contribution in [0.1, 0.15) is 26.7 Å². The van der Waals surface area contributed by atoms with Gasteiger partial charge in [-0.25, -0.2) is 16.8 Å². The van der Waals surface area contributed by atoms with Crippen LogP contribution in [0.3, 0.4) is 0 Å². The Hall–Kier alpha value is -1.53. The Balaban J connectivity index is 1.75. The fraction of sp³-hybridized carbons (Fsp3) is 0.650. The molecule has 9 nitrogen and oxygen atoms in total. The molecule has 0 N–H and O–H groups in total. The molecule has 0 aliphatic carbocycles. The van der Waals surface area contributed by atoms with E-state index in [-0.39, 0.29) is 28.2 Å². The SMILES string of the molecule is CCN(CC)S(=O)(=O)c1ccc(S(=O)(=O)N2CCC[C@@H](C(=O)N3CCOCC3)C2)cc1. The molecule has 3 rings (SSSR count). The first-order chi connectivity index (χ1) is 14.7. The van der Waals surface area contributed by atoms with Gasteiger partial charge >= 0.3 is 0 Å². The Bertz CT molecular complexity index is 969. The van der Waals surface area contributed by atoms with Crippen molar-refractivity contribution in [1.82, 2.24) is 13.5 Å². The van der Waals surface area contributed by atoms with Gasteiger partial charge in [-0.05, 0) is 37.1 Å². The summed E-state index contributed by atoms with van der Waals surface area (Å²) in [5.41, 5.74) is 0. The average molecular weight is 474 g/mol. The summed E-state index contributed by atoms with van der Waals surface area (Å²) in [5, 5.41) is 0. The number of morpholine rings is 1. The fourth-order valence-electron chi connectivity index (χ4n) is 4.05. The van der Waals surface area contributed by atoms with Crippen LogP contribution >= 0.6 is 0 Å². The highest BCUT2D eigenvalue weighted by Gasteiger charge is 2.35. The normalized spacial score (nSPS) is 21.4. The van der Waals surface area contributed by atoms with Gasteiger partial charge in [-0.3, -0.25) is 4.79 Å². The van der Waals surface area contributed by atoms with Gasteiger partial charge in [0.05, 0.1) is 28.9 Å². The van der Waals surface area contributed by atoms with Gasteiger partial charge in [-0.2, -0.15) is 8.61 Å². The Labute approximate surface area is 185 Å². The molecule has 1 aromatic rings. The lowest BCUT2D eigenvalue weighted by Gasteiger charge is -2.35. The Morgan fingerprint density at radius 1 is 1.00 bits per heavy atom. The van der Waals surface area contributed by atoms with E-state index in [0.717, 1.165) is 0 Å². The molecule has 1 atom stereocenters. The molecule has 0 saturated carbocycles. The highest BCUT2D eigenvalue weighted by atomic mass is 32.2. The molecule has 0 unspecified atom stereocenters. The summed E-state index contributed by atoms with van der Waals surface area (Å²) in [6, 6.07) is 5.33. The second-order valence-corrected chi connectivity index (χ2v) is 11.6. The molecule has 0 bridgehead atoms. The molecular formula is C20H31N3O6S2. The molecule has 0 radical (unpaired) electrons. The van der Waals surface area contributed by atoms with Crippen molar-refractivity contribution in [3.05, 3.63) is 24.3 Å². The summed E-state index contributed by atoms with van der Waals surface area (Å²) >= 11 is 0. The van der Waals surface area contributed by atoms with Crippen molar-refractivity contribution < 1.29 is 26.4 Å². The smallest absolute Gasteiger partial charge is 0.243 e. The van der Waals surface area contributed by atoms with Crippen molar-refractivity contribution in [3.8, 4) is 0 Å². The Kier molecular flexibility index (Phi) is 7.74. The second kappa shape index (κ2) is 9.95. The first-order valence-electron chi connectivity index (χ1n) is 10.7. The predicted molar refractivity (Wildman–Crippen MR) is 115 cm³/mol. The molecule has 11 heteroatoms. The third kappa shape index (κ3) is 5.11. The molecule has 2 heterocycles. The largest absolute Gasteiger partial charge is 0.378 e. The van der Waals surface area contributed by atoms with Crippen LogP contribution in [0.2, 0.25) is 0 Å². The minimum Gasteiger partial charge on any atom is -0.378 e. The molecular weight excluding hydrogens is 442 g/mol. The van der Waals surface area contributed by atoms with Crippen molar-refractivity contribution >= 4 is 26.0 Å². The summed E-state index contributed by atoms with van der Waals surface area (Å²) in [6.45, 7) is 6.74. The lowest BCUT2D eigenvalue weighted by molar-refractivity contribution is -0.140. The number of nitrogens with zero attached hydrogens (tertiary/aromatic N) is 3. The lowest BCUT2D eigenvalue weighted by atomic mass is 9.98. The summed E-state index contributed by atoms with van der Waals surface area (Å²) in [7, 11) is -7.48. The van der Waals surface area contributed by atoms with Gasteiger partial charge in [0.2, 0.25) is 26.0 Å². The van der Waals surface area contributed by atoms with Crippen molar-refractivity contribution in [3.63, 3.8) is 0 Å². The van der Waals surface area contributed by atoms with Crippen LogP contribution in [0.4, 0.5) is 0 Å². The number of rotatable bonds is 7. The zero-order valence-electron chi connectivity index (χ0n) is 18.1. The number of sulfonamides is 2. The van der Waals surface area contributed by atoms with Gasteiger partial charge < -0.3 is 9.64 Å². The number of ether oxygens (including phenoxy) is 1. The van der Waals surface area contributed by atoms with E-state index in [2.05, 4.69) is 0 Å². The molecule has 2 saturated heterocycles. The van der Waals surface area contributed by atoms with E-state index in [1.807, 2.05) is 0 Å². The molecule has 0 spiro atoms. The second-order valence-electron chi connectivity index (χ2n) is 7.70. The first-order valence-corrected chi connectivity index (χ1v) is 13.6. The van der Waals surface area contributed by atoms with Gasteiger partial charge in [-0.1, -0.05) is 13.8 Å². The topological polar surface area (TPSA) is 104 Å². The van der Waals surface area contributed by atoms with Crippen LogP contribution in [-0.4, -0.2) is 88.7 Å². The van der Waals surface area contributed by atoms with E-state index in [9.17, 15) is 21.6 Å². The van der Waals surface area contributed by atoms with Crippen molar-refractivity contribution in [2.45, 2.75) is 36.5 Å². The van der Waals surface area contributed by atoms with Crippen LogP contribution in [0.5, 0.6) is 0 Å². The Morgan fingerprint density at radius 2 is 1.58 bits per heavy atom. The van der Waals surface area contributed by atoms with E-state index in [0.29, 0.717) is 58.8 Å². The van der Waals surface area contributed by atoms with Gasteiger partial charge in [-0.15, -0.1) is 0 Å². The minimum atomic E-state index is -3.82. The average Bonchev–Trinajstić information content (AvgIpc) is 2.80. The van der Waals surface area contributed by atoms with Gasteiger partial charge in [0, 0.05) is 39.3 Å². The number of carbonyl (C=O) groups excluding carboxylic acids is 1. The molecule has 174 valence electrons.